The van der Waals surface area contributed by atoms with E-state index >= 15 is 0 Å². The molecule has 0 heterocycles. The summed E-state index contributed by atoms with van der Waals surface area (Å²) in [5.74, 6) is -2.01. The Kier molecular flexibility index (Phi) is 4.74. The molecular weight excluding hydrogens is 198 g/mol. The van der Waals surface area contributed by atoms with Gasteiger partial charge in [0, 0.05) is 6.04 Å². The van der Waals surface area contributed by atoms with Crippen LogP contribution in [0.1, 0.15) is 27.7 Å². The topological polar surface area (TPSA) is 77.8 Å². The number of rotatable bonds is 5. The highest BCUT2D eigenvalue weighted by atomic mass is 16.4. The highest BCUT2D eigenvalue weighted by Gasteiger charge is 2.28. The van der Waals surface area contributed by atoms with Crippen molar-refractivity contribution in [3.63, 3.8) is 0 Å². The van der Waals surface area contributed by atoms with E-state index < -0.39 is 11.9 Å². The number of carbonyl (C=O) groups is 2. The van der Waals surface area contributed by atoms with Crippen molar-refractivity contribution in [2.75, 3.05) is 13.1 Å². The Hall–Kier alpha value is -1.10. The molecule has 0 amide bonds. The maximum Gasteiger partial charge on any atom is 0.317 e. The zero-order valence-corrected chi connectivity index (χ0v) is 9.65. The minimum atomic E-state index is -1.01. The molecule has 0 saturated carbocycles. The van der Waals surface area contributed by atoms with E-state index in [1.807, 2.05) is 27.7 Å². The summed E-state index contributed by atoms with van der Waals surface area (Å²) in [5, 5.41) is 17.4. The standard InChI is InChI=1S/C10H19NO4/c1-7(10(2,3)4)11(5-8(12)13)6-9(14)15/h7H,5-6H2,1-4H3,(H,12,13)(H,14,15)/t7-/m0/s1. The zero-order chi connectivity index (χ0) is 12.2. The van der Waals surface area contributed by atoms with Crippen LogP contribution in [0.5, 0.6) is 0 Å². The number of hydrogen-bond acceptors (Lipinski definition) is 3. The van der Waals surface area contributed by atoms with E-state index in [1.165, 1.54) is 4.90 Å². The molecule has 2 N–H and O–H groups in total. The number of carboxylic acids is 2. The Morgan fingerprint density at radius 2 is 1.47 bits per heavy atom. The predicted octanol–water partition coefficient (Wildman–Crippen LogP) is 0.892. The van der Waals surface area contributed by atoms with Gasteiger partial charge in [0.05, 0.1) is 13.1 Å². The Labute approximate surface area is 89.7 Å². The fourth-order valence-electron chi connectivity index (χ4n) is 1.22. The molecular formula is C10H19NO4. The number of nitrogens with zero attached hydrogens (tertiary/aromatic N) is 1. The lowest BCUT2D eigenvalue weighted by Crippen LogP contribution is -2.46. The second-order valence-corrected chi connectivity index (χ2v) is 4.73. The van der Waals surface area contributed by atoms with Crippen LogP contribution >= 0.6 is 0 Å². The molecule has 0 rings (SSSR count). The van der Waals surface area contributed by atoms with E-state index in [1.54, 1.807) is 0 Å². The molecule has 0 bridgehead atoms. The van der Waals surface area contributed by atoms with Gasteiger partial charge in [0.25, 0.3) is 0 Å². The lowest BCUT2D eigenvalue weighted by atomic mass is 9.87. The highest BCUT2D eigenvalue weighted by molar-refractivity contribution is 5.72. The molecule has 1 atom stereocenters. The lowest BCUT2D eigenvalue weighted by molar-refractivity contribution is -0.143. The second kappa shape index (κ2) is 5.11. The van der Waals surface area contributed by atoms with Crippen molar-refractivity contribution in [2.45, 2.75) is 33.7 Å². The Morgan fingerprint density at radius 1 is 1.13 bits per heavy atom. The first-order chi connectivity index (χ1) is 6.64. The van der Waals surface area contributed by atoms with Crippen LogP contribution in [0.3, 0.4) is 0 Å². The maximum absolute atomic E-state index is 10.6. The van der Waals surface area contributed by atoms with Gasteiger partial charge in [0.15, 0.2) is 0 Å². The van der Waals surface area contributed by atoms with E-state index in [0.29, 0.717) is 0 Å². The van der Waals surface area contributed by atoms with Gasteiger partial charge in [-0.3, -0.25) is 14.5 Å². The minimum Gasteiger partial charge on any atom is -0.480 e. The molecule has 0 aromatic carbocycles. The van der Waals surface area contributed by atoms with Crippen LogP contribution in [0.4, 0.5) is 0 Å². The lowest BCUT2D eigenvalue weighted by Gasteiger charge is -2.35. The van der Waals surface area contributed by atoms with Crippen LogP contribution in [-0.2, 0) is 9.59 Å². The van der Waals surface area contributed by atoms with Crippen molar-refractivity contribution in [1.29, 1.82) is 0 Å². The molecule has 5 nitrogen and oxygen atoms in total. The van der Waals surface area contributed by atoms with Crippen LogP contribution in [0.2, 0.25) is 0 Å². The van der Waals surface area contributed by atoms with Crippen LogP contribution in [0.15, 0.2) is 0 Å². The SMILES string of the molecule is C[C@H](N(CC(=O)O)CC(=O)O)C(C)(C)C. The van der Waals surface area contributed by atoms with Crippen molar-refractivity contribution in [3.05, 3.63) is 0 Å². The van der Waals surface area contributed by atoms with Gasteiger partial charge in [-0.05, 0) is 12.3 Å². The summed E-state index contributed by atoms with van der Waals surface area (Å²) in [5.41, 5.74) is -0.148. The van der Waals surface area contributed by atoms with Gasteiger partial charge >= 0.3 is 11.9 Å². The average molecular weight is 217 g/mol. The Morgan fingerprint density at radius 3 is 1.67 bits per heavy atom. The molecule has 0 spiro atoms. The van der Waals surface area contributed by atoms with Crippen LogP contribution in [0, 0.1) is 5.41 Å². The first kappa shape index (κ1) is 13.9. The van der Waals surface area contributed by atoms with Crippen LogP contribution in [0.25, 0.3) is 0 Å². The third kappa shape index (κ3) is 5.37. The average Bonchev–Trinajstić information content (AvgIpc) is 1.98. The van der Waals surface area contributed by atoms with Crippen LogP contribution < -0.4 is 0 Å². The molecule has 0 aliphatic carbocycles. The third-order valence-corrected chi connectivity index (χ3v) is 2.48. The second-order valence-electron chi connectivity index (χ2n) is 4.73. The summed E-state index contributed by atoms with van der Waals surface area (Å²) in [7, 11) is 0. The van der Waals surface area contributed by atoms with Crippen molar-refractivity contribution in [1.82, 2.24) is 4.90 Å². The van der Waals surface area contributed by atoms with Crippen molar-refractivity contribution in [2.24, 2.45) is 5.41 Å². The van der Waals surface area contributed by atoms with Gasteiger partial charge in [-0.1, -0.05) is 20.8 Å². The quantitative estimate of drug-likeness (QED) is 0.715. The van der Waals surface area contributed by atoms with Crippen LogP contribution in [-0.4, -0.2) is 46.2 Å². The number of carboxylic acid groups (broad SMARTS) is 2. The maximum atomic E-state index is 10.6. The predicted molar refractivity (Wildman–Crippen MR) is 55.8 cm³/mol. The molecule has 5 heteroatoms. The summed E-state index contributed by atoms with van der Waals surface area (Å²) in [6, 6.07) is -0.107. The van der Waals surface area contributed by atoms with E-state index in [4.69, 9.17) is 10.2 Å². The molecule has 0 unspecified atom stereocenters. The summed E-state index contributed by atoms with van der Waals surface area (Å²) >= 11 is 0. The largest absolute Gasteiger partial charge is 0.480 e. The summed E-state index contributed by atoms with van der Waals surface area (Å²) < 4.78 is 0. The first-order valence-corrected chi connectivity index (χ1v) is 4.82. The fourth-order valence-corrected chi connectivity index (χ4v) is 1.22. The third-order valence-electron chi connectivity index (χ3n) is 2.48. The van der Waals surface area contributed by atoms with Gasteiger partial charge in [-0.15, -0.1) is 0 Å². The van der Waals surface area contributed by atoms with Crippen molar-refractivity contribution in [3.8, 4) is 0 Å². The Bertz CT molecular complexity index is 228. The van der Waals surface area contributed by atoms with Gasteiger partial charge in [0.2, 0.25) is 0 Å². The summed E-state index contributed by atoms with van der Waals surface area (Å²) in [4.78, 5) is 22.6. The van der Waals surface area contributed by atoms with E-state index in [-0.39, 0.29) is 24.5 Å². The van der Waals surface area contributed by atoms with Gasteiger partial charge in [-0.2, -0.15) is 0 Å². The normalized spacial score (nSPS) is 13.9. The van der Waals surface area contributed by atoms with E-state index in [9.17, 15) is 9.59 Å². The van der Waals surface area contributed by atoms with Crippen molar-refractivity contribution >= 4 is 11.9 Å². The van der Waals surface area contributed by atoms with Gasteiger partial charge in [0.1, 0.15) is 0 Å². The van der Waals surface area contributed by atoms with E-state index in [2.05, 4.69) is 0 Å². The minimum absolute atomic E-state index is 0.107. The molecule has 0 aromatic heterocycles. The van der Waals surface area contributed by atoms with Gasteiger partial charge < -0.3 is 10.2 Å². The molecule has 88 valence electrons. The van der Waals surface area contributed by atoms with E-state index in [0.717, 1.165) is 0 Å². The summed E-state index contributed by atoms with van der Waals surface area (Å²) in [6.07, 6.45) is 0. The Balaban J connectivity index is 4.61. The zero-order valence-electron chi connectivity index (χ0n) is 9.65. The fraction of sp³-hybridized carbons (Fsp3) is 0.800. The molecule has 0 aliphatic rings. The summed E-state index contributed by atoms with van der Waals surface area (Å²) in [6.45, 7) is 7.21. The molecule has 0 radical (unpaired) electrons. The molecule has 0 aliphatic heterocycles. The monoisotopic (exact) mass is 217 g/mol. The smallest absolute Gasteiger partial charge is 0.317 e. The molecule has 0 saturated heterocycles. The molecule has 15 heavy (non-hydrogen) atoms. The number of hydrogen-bond donors (Lipinski definition) is 2. The number of aliphatic carboxylic acids is 2. The highest BCUT2D eigenvalue weighted by Crippen LogP contribution is 2.23. The van der Waals surface area contributed by atoms with Gasteiger partial charge in [-0.25, -0.2) is 0 Å². The molecule has 0 aromatic rings. The van der Waals surface area contributed by atoms with Crippen molar-refractivity contribution < 1.29 is 19.8 Å². The first-order valence-electron chi connectivity index (χ1n) is 4.82. The molecule has 0 fully saturated rings.